The van der Waals surface area contributed by atoms with Gasteiger partial charge in [0, 0.05) is 28.8 Å². The van der Waals surface area contributed by atoms with E-state index in [2.05, 4.69) is 10.3 Å². The molecule has 0 unspecified atom stereocenters. The molecule has 1 aromatic carbocycles. The number of aromatic amines is 1. The SMILES string of the molecule is O=C(NCc1ccc[nH+]c1)c1cccc(Cl)c1.[Cl-]. The first kappa shape index (κ1) is 14.5. The van der Waals surface area contributed by atoms with Gasteiger partial charge in [-0.25, -0.2) is 4.98 Å². The van der Waals surface area contributed by atoms with Gasteiger partial charge in [-0.2, -0.15) is 0 Å². The Balaban J connectivity index is 0.00000162. The van der Waals surface area contributed by atoms with Gasteiger partial charge in [-0.3, -0.25) is 4.79 Å². The largest absolute Gasteiger partial charge is 1.00 e. The van der Waals surface area contributed by atoms with Crippen molar-refractivity contribution in [3.05, 3.63) is 64.9 Å². The van der Waals surface area contributed by atoms with E-state index in [0.717, 1.165) is 5.56 Å². The quantitative estimate of drug-likeness (QED) is 0.778. The second kappa shape index (κ2) is 6.99. The Morgan fingerprint density at radius 1 is 1.28 bits per heavy atom. The van der Waals surface area contributed by atoms with E-state index in [-0.39, 0.29) is 18.3 Å². The van der Waals surface area contributed by atoms with Crippen LogP contribution in [0.3, 0.4) is 0 Å². The highest BCUT2D eigenvalue weighted by atomic mass is 35.5. The molecule has 1 aromatic heterocycles. The first-order valence-electron chi connectivity index (χ1n) is 5.24. The van der Waals surface area contributed by atoms with Gasteiger partial charge in [0.05, 0.1) is 0 Å². The van der Waals surface area contributed by atoms with Gasteiger partial charge in [-0.1, -0.05) is 17.7 Å². The van der Waals surface area contributed by atoms with Crippen LogP contribution < -0.4 is 22.7 Å². The van der Waals surface area contributed by atoms with E-state index in [1.165, 1.54) is 0 Å². The number of carbonyl (C=O) groups excluding carboxylic acids is 1. The maximum Gasteiger partial charge on any atom is 0.251 e. The third-order valence-corrected chi connectivity index (χ3v) is 2.55. The Bertz CT molecular complexity index is 517. The summed E-state index contributed by atoms with van der Waals surface area (Å²) < 4.78 is 0. The smallest absolute Gasteiger partial charge is 0.251 e. The second-order valence-corrected chi connectivity index (χ2v) is 4.04. The van der Waals surface area contributed by atoms with Crippen molar-refractivity contribution in [2.45, 2.75) is 6.54 Å². The summed E-state index contributed by atoms with van der Waals surface area (Å²) in [6.45, 7) is 0.489. The monoisotopic (exact) mass is 282 g/mol. The minimum Gasteiger partial charge on any atom is -1.00 e. The molecule has 2 aromatic rings. The van der Waals surface area contributed by atoms with Crippen molar-refractivity contribution in [3.63, 3.8) is 0 Å². The summed E-state index contributed by atoms with van der Waals surface area (Å²) in [5.74, 6) is -0.128. The molecule has 3 nitrogen and oxygen atoms in total. The highest BCUT2D eigenvalue weighted by molar-refractivity contribution is 6.30. The number of benzene rings is 1. The van der Waals surface area contributed by atoms with Crippen molar-refractivity contribution in [3.8, 4) is 0 Å². The summed E-state index contributed by atoms with van der Waals surface area (Å²) in [4.78, 5) is 14.8. The number of carbonyl (C=O) groups is 1. The van der Waals surface area contributed by atoms with Crippen molar-refractivity contribution in [1.82, 2.24) is 5.32 Å². The fraction of sp³-hybridized carbons (Fsp3) is 0.0769. The maximum absolute atomic E-state index is 11.8. The lowest BCUT2D eigenvalue weighted by Crippen LogP contribution is -3.00. The number of H-pyrrole nitrogens is 1. The van der Waals surface area contributed by atoms with Crippen molar-refractivity contribution >= 4 is 17.5 Å². The molecule has 5 heteroatoms. The minimum atomic E-state index is -0.128. The van der Waals surface area contributed by atoms with E-state index in [0.29, 0.717) is 17.1 Å². The predicted octanol–water partition coefficient (Wildman–Crippen LogP) is -0.912. The number of pyridine rings is 1. The Labute approximate surface area is 117 Å². The first-order chi connectivity index (χ1) is 8.25. The zero-order chi connectivity index (χ0) is 12.1. The molecule has 0 aliphatic rings. The van der Waals surface area contributed by atoms with Crippen LogP contribution in [-0.4, -0.2) is 5.91 Å². The lowest BCUT2D eigenvalue weighted by molar-refractivity contribution is -0.378. The van der Waals surface area contributed by atoms with Crippen LogP contribution in [0, 0.1) is 0 Å². The fourth-order valence-electron chi connectivity index (χ4n) is 1.45. The van der Waals surface area contributed by atoms with E-state index in [1.807, 2.05) is 24.5 Å². The third kappa shape index (κ3) is 4.02. The molecule has 0 atom stereocenters. The van der Waals surface area contributed by atoms with E-state index < -0.39 is 0 Å². The van der Waals surface area contributed by atoms with Gasteiger partial charge in [-0.15, -0.1) is 0 Å². The van der Waals surface area contributed by atoms with Crippen molar-refractivity contribution in [2.75, 3.05) is 0 Å². The average Bonchev–Trinajstić information content (AvgIpc) is 2.37. The van der Waals surface area contributed by atoms with Gasteiger partial charge in [0.2, 0.25) is 0 Å². The van der Waals surface area contributed by atoms with Gasteiger partial charge >= 0.3 is 0 Å². The topological polar surface area (TPSA) is 43.2 Å². The Morgan fingerprint density at radius 2 is 2.11 bits per heavy atom. The fourth-order valence-corrected chi connectivity index (χ4v) is 1.64. The molecule has 94 valence electrons. The van der Waals surface area contributed by atoms with Crippen LogP contribution in [0.4, 0.5) is 0 Å². The first-order valence-corrected chi connectivity index (χ1v) is 5.62. The number of aromatic nitrogens is 1. The number of halogens is 2. The third-order valence-electron chi connectivity index (χ3n) is 2.31. The number of hydrogen-bond acceptors (Lipinski definition) is 1. The van der Waals surface area contributed by atoms with Gasteiger partial charge in [-0.05, 0) is 24.3 Å². The van der Waals surface area contributed by atoms with Gasteiger partial charge in [0.1, 0.15) is 0 Å². The molecule has 0 radical (unpaired) electrons. The predicted molar refractivity (Wildman–Crippen MR) is 65.6 cm³/mol. The van der Waals surface area contributed by atoms with Crippen molar-refractivity contribution < 1.29 is 22.2 Å². The van der Waals surface area contributed by atoms with Gasteiger partial charge < -0.3 is 17.7 Å². The van der Waals surface area contributed by atoms with E-state index in [9.17, 15) is 4.79 Å². The number of amides is 1. The summed E-state index contributed by atoms with van der Waals surface area (Å²) in [7, 11) is 0. The highest BCUT2D eigenvalue weighted by Crippen LogP contribution is 2.10. The molecular weight excluding hydrogens is 271 g/mol. The van der Waals surface area contributed by atoms with Crippen molar-refractivity contribution in [1.29, 1.82) is 0 Å². The van der Waals surface area contributed by atoms with Crippen LogP contribution in [0.5, 0.6) is 0 Å². The van der Waals surface area contributed by atoms with Crippen LogP contribution in [0.2, 0.25) is 5.02 Å². The molecule has 2 N–H and O–H groups in total. The number of hydrogen-bond donors (Lipinski definition) is 1. The van der Waals surface area contributed by atoms with Gasteiger partial charge in [0.25, 0.3) is 5.91 Å². The van der Waals surface area contributed by atoms with E-state index >= 15 is 0 Å². The molecule has 0 aliphatic heterocycles. The Kier molecular flexibility index (Phi) is 5.62. The second-order valence-electron chi connectivity index (χ2n) is 3.60. The normalized spacial score (nSPS) is 9.39. The molecule has 0 bridgehead atoms. The highest BCUT2D eigenvalue weighted by Gasteiger charge is 2.05. The van der Waals surface area contributed by atoms with Crippen LogP contribution in [0.25, 0.3) is 0 Å². The number of rotatable bonds is 3. The summed E-state index contributed by atoms with van der Waals surface area (Å²) in [6.07, 6.45) is 3.67. The molecule has 0 saturated carbocycles. The molecule has 1 amide bonds. The van der Waals surface area contributed by atoms with E-state index in [4.69, 9.17) is 11.6 Å². The van der Waals surface area contributed by atoms with Crippen LogP contribution in [0.15, 0.2) is 48.8 Å². The molecule has 1 heterocycles. The van der Waals surface area contributed by atoms with Gasteiger partial charge in [0.15, 0.2) is 12.4 Å². The Hall–Kier alpha value is -1.58. The summed E-state index contributed by atoms with van der Waals surface area (Å²) >= 11 is 5.82. The molecule has 18 heavy (non-hydrogen) atoms. The molecule has 0 aliphatic carbocycles. The van der Waals surface area contributed by atoms with Crippen LogP contribution in [0.1, 0.15) is 15.9 Å². The standard InChI is InChI=1S/C13H11ClN2O.ClH/c14-12-5-1-4-11(7-12)13(17)16-9-10-3-2-6-15-8-10;/h1-8H,9H2,(H,16,17);1H. The van der Waals surface area contributed by atoms with Crippen LogP contribution >= 0.6 is 11.6 Å². The number of nitrogens with one attached hydrogen (secondary N) is 2. The summed E-state index contributed by atoms with van der Waals surface area (Å²) in [5, 5.41) is 3.39. The molecule has 0 fully saturated rings. The molecule has 0 saturated heterocycles. The van der Waals surface area contributed by atoms with Crippen LogP contribution in [-0.2, 0) is 6.54 Å². The maximum atomic E-state index is 11.8. The van der Waals surface area contributed by atoms with E-state index in [1.54, 1.807) is 24.3 Å². The lowest BCUT2D eigenvalue weighted by atomic mass is 10.2. The average molecular weight is 283 g/mol. The molecule has 0 spiro atoms. The summed E-state index contributed by atoms with van der Waals surface area (Å²) in [5.41, 5.74) is 1.58. The Morgan fingerprint density at radius 3 is 2.78 bits per heavy atom. The minimum absolute atomic E-state index is 0. The zero-order valence-corrected chi connectivity index (χ0v) is 11.0. The summed E-state index contributed by atoms with van der Waals surface area (Å²) in [6, 6.07) is 10.7. The lowest BCUT2D eigenvalue weighted by Gasteiger charge is -2.04. The molecular formula is C13H12Cl2N2O. The zero-order valence-electron chi connectivity index (χ0n) is 9.49. The van der Waals surface area contributed by atoms with Crippen molar-refractivity contribution in [2.24, 2.45) is 0 Å². The molecule has 2 rings (SSSR count).